The molecule has 0 spiro atoms. The van der Waals surface area contributed by atoms with Crippen molar-refractivity contribution in [1.82, 2.24) is 9.88 Å². The van der Waals surface area contributed by atoms with E-state index in [1.165, 1.54) is 22.2 Å². The first-order chi connectivity index (χ1) is 7.79. The number of nitrogens with zero attached hydrogens (tertiary/aromatic N) is 1. The van der Waals surface area contributed by atoms with Crippen molar-refractivity contribution < 1.29 is 4.74 Å². The zero-order chi connectivity index (χ0) is 11.1. The van der Waals surface area contributed by atoms with E-state index in [1.807, 2.05) is 12.1 Å². The van der Waals surface area contributed by atoms with E-state index in [1.54, 1.807) is 7.11 Å². The standard InChI is InChI=1S/C13H16N2O/c1-15-7-6-9-11(8-15)14-10-4-3-5-12(16-2)13(9)10/h3-5,14H,6-8H2,1-2H3. The van der Waals surface area contributed by atoms with Crippen LogP contribution >= 0.6 is 0 Å². The van der Waals surface area contributed by atoms with Crippen LogP contribution in [-0.2, 0) is 13.0 Å². The molecule has 0 fully saturated rings. The molecule has 1 aromatic carbocycles. The van der Waals surface area contributed by atoms with Gasteiger partial charge in [-0.15, -0.1) is 0 Å². The zero-order valence-corrected chi connectivity index (χ0v) is 9.71. The van der Waals surface area contributed by atoms with Crippen LogP contribution in [0.1, 0.15) is 11.3 Å². The number of hydrogen-bond acceptors (Lipinski definition) is 2. The molecule has 0 radical (unpaired) electrons. The molecule has 3 nitrogen and oxygen atoms in total. The Kier molecular flexibility index (Phi) is 2.14. The van der Waals surface area contributed by atoms with E-state index in [0.717, 1.165) is 25.3 Å². The maximum Gasteiger partial charge on any atom is 0.128 e. The highest BCUT2D eigenvalue weighted by molar-refractivity contribution is 5.90. The monoisotopic (exact) mass is 216 g/mol. The molecule has 1 aliphatic heterocycles. The van der Waals surface area contributed by atoms with Gasteiger partial charge >= 0.3 is 0 Å². The number of rotatable bonds is 1. The molecule has 0 aliphatic carbocycles. The molecule has 0 bridgehead atoms. The van der Waals surface area contributed by atoms with Crippen LogP contribution in [0.2, 0.25) is 0 Å². The summed E-state index contributed by atoms with van der Waals surface area (Å²) in [5, 5.41) is 1.27. The fraction of sp³-hybridized carbons (Fsp3) is 0.385. The van der Waals surface area contributed by atoms with Crippen molar-refractivity contribution in [3.63, 3.8) is 0 Å². The average molecular weight is 216 g/mol. The van der Waals surface area contributed by atoms with Crippen molar-refractivity contribution in [1.29, 1.82) is 0 Å². The van der Waals surface area contributed by atoms with Crippen LogP contribution in [0.4, 0.5) is 0 Å². The normalized spacial score (nSPS) is 16.4. The molecule has 84 valence electrons. The Hall–Kier alpha value is -1.48. The number of aromatic amines is 1. The highest BCUT2D eigenvalue weighted by Gasteiger charge is 2.20. The fourth-order valence-electron chi connectivity index (χ4n) is 2.57. The van der Waals surface area contributed by atoms with Crippen molar-refractivity contribution in [2.24, 2.45) is 0 Å². The largest absolute Gasteiger partial charge is 0.496 e. The minimum Gasteiger partial charge on any atom is -0.496 e. The molecule has 3 heteroatoms. The Morgan fingerprint density at radius 2 is 2.25 bits per heavy atom. The van der Waals surface area contributed by atoms with Crippen LogP contribution in [0, 0.1) is 0 Å². The first kappa shape index (κ1) is 9.73. The third-order valence-corrected chi connectivity index (χ3v) is 3.37. The third kappa shape index (κ3) is 1.32. The lowest BCUT2D eigenvalue weighted by atomic mass is 10.0. The van der Waals surface area contributed by atoms with Crippen molar-refractivity contribution in [2.75, 3.05) is 20.7 Å². The Balaban J connectivity index is 2.26. The number of benzene rings is 1. The Morgan fingerprint density at radius 3 is 3.06 bits per heavy atom. The van der Waals surface area contributed by atoms with Crippen LogP contribution in [0.3, 0.4) is 0 Å². The number of ether oxygens (including phenoxy) is 1. The molecule has 1 aromatic heterocycles. The molecule has 0 unspecified atom stereocenters. The lowest BCUT2D eigenvalue weighted by molar-refractivity contribution is 0.310. The van der Waals surface area contributed by atoms with Crippen LogP contribution < -0.4 is 4.74 Å². The van der Waals surface area contributed by atoms with E-state index in [9.17, 15) is 0 Å². The fourth-order valence-corrected chi connectivity index (χ4v) is 2.57. The summed E-state index contributed by atoms with van der Waals surface area (Å²) in [4.78, 5) is 5.84. The van der Waals surface area contributed by atoms with Crippen LogP contribution in [0.5, 0.6) is 5.75 Å². The second-order valence-corrected chi connectivity index (χ2v) is 4.45. The maximum atomic E-state index is 5.45. The summed E-state index contributed by atoms with van der Waals surface area (Å²) in [6.07, 6.45) is 1.10. The molecule has 0 saturated heterocycles. The maximum absolute atomic E-state index is 5.45. The Morgan fingerprint density at radius 1 is 1.38 bits per heavy atom. The van der Waals surface area contributed by atoms with E-state index in [-0.39, 0.29) is 0 Å². The predicted octanol–water partition coefficient (Wildman–Crippen LogP) is 2.16. The minimum absolute atomic E-state index is 0.986. The molecule has 1 N–H and O–H groups in total. The molecular formula is C13H16N2O. The van der Waals surface area contributed by atoms with Gasteiger partial charge in [0.15, 0.2) is 0 Å². The van der Waals surface area contributed by atoms with Gasteiger partial charge in [-0.3, -0.25) is 0 Å². The molecule has 1 aliphatic rings. The van der Waals surface area contributed by atoms with Crippen molar-refractivity contribution in [2.45, 2.75) is 13.0 Å². The highest BCUT2D eigenvalue weighted by atomic mass is 16.5. The molecule has 0 saturated carbocycles. The van der Waals surface area contributed by atoms with Gasteiger partial charge in [-0.2, -0.15) is 0 Å². The van der Waals surface area contributed by atoms with Gasteiger partial charge in [-0.1, -0.05) is 6.07 Å². The summed E-state index contributed by atoms with van der Waals surface area (Å²) in [6, 6.07) is 6.19. The molecule has 3 rings (SSSR count). The number of hydrogen-bond donors (Lipinski definition) is 1. The lowest BCUT2D eigenvalue weighted by Gasteiger charge is -2.22. The van der Waals surface area contributed by atoms with Gasteiger partial charge in [0.1, 0.15) is 5.75 Å². The number of likely N-dealkylation sites (N-methyl/N-ethyl adjacent to an activating group) is 1. The summed E-state index contributed by atoms with van der Waals surface area (Å²) in [5.74, 6) is 0.986. The first-order valence-electron chi connectivity index (χ1n) is 5.64. The van der Waals surface area contributed by atoms with Gasteiger partial charge in [-0.25, -0.2) is 0 Å². The molecule has 0 atom stereocenters. The number of H-pyrrole nitrogens is 1. The SMILES string of the molecule is COc1cccc2[nH]c3c(c12)CCN(C)C3. The smallest absolute Gasteiger partial charge is 0.128 e. The van der Waals surface area contributed by atoms with Crippen LogP contribution in [-0.4, -0.2) is 30.6 Å². The van der Waals surface area contributed by atoms with E-state index in [4.69, 9.17) is 4.74 Å². The summed E-state index contributed by atoms with van der Waals surface area (Å²) in [5.41, 5.74) is 3.97. The van der Waals surface area contributed by atoms with Gasteiger partial charge in [0.05, 0.1) is 7.11 Å². The Labute approximate surface area is 95.0 Å². The predicted molar refractivity (Wildman–Crippen MR) is 64.9 cm³/mol. The van der Waals surface area contributed by atoms with E-state index < -0.39 is 0 Å². The van der Waals surface area contributed by atoms with Gasteiger partial charge in [-0.05, 0) is 31.2 Å². The topological polar surface area (TPSA) is 28.3 Å². The molecule has 0 amide bonds. The van der Waals surface area contributed by atoms with Crippen molar-refractivity contribution in [3.05, 3.63) is 29.5 Å². The molecule has 2 aromatic rings. The van der Waals surface area contributed by atoms with Gasteiger partial charge in [0.2, 0.25) is 0 Å². The number of aromatic nitrogens is 1. The summed E-state index contributed by atoms with van der Waals surface area (Å²) in [7, 11) is 3.90. The molecular weight excluding hydrogens is 200 g/mol. The molecule has 16 heavy (non-hydrogen) atoms. The van der Waals surface area contributed by atoms with Crippen molar-refractivity contribution >= 4 is 10.9 Å². The summed E-state index contributed by atoms with van der Waals surface area (Å²) < 4.78 is 5.45. The average Bonchev–Trinajstić information content (AvgIpc) is 2.65. The zero-order valence-electron chi connectivity index (χ0n) is 9.71. The summed E-state index contributed by atoms with van der Waals surface area (Å²) in [6.45, 7) is 2.13. The number of methoxy groups -OCH3 is 1. The second-order valence-electron chi connectivity index (χ2n) is 4.45. The first-order valence-corrected chi connectivity index (χ1v) is 5.64. The molecule has 2 heterocycles. The quantitative estimate of drug-likeness (QED) is 0.791. The number of nitrogens with one attached hydrogen (secondary N) is 1. The Bertz CT molecular complexity index is 530. The van der Waals surface area contributed by atoms with Crippen LogP contribution in [0.15, 0.2) is 18.2 Å². The lowest BCUT2D eigenvalue weighted by Crippen LogP contribution is -2.26. The highest BCUT2D eigenvalue weighted by Crippen LogP contribution is 2.33. The van der Waals surface area contributed by atoms with Gasteiger partial charge < -0.3 is 14.6 Å². The van der Waals surface area contributed by atoms with E-state index in [0.29, 0.717) is 0 Å². The number of fused-ring (bicyclic) bond motifs is 3. The minimum atomic E-state index is 0.986. The van der Waals surface area contributed by atoms with E-state index in [2.05, 4.69) is 23.0 Å². The van der Waals surface area contributed by atoms with Gasteiger partial charge in [0.25, 0.3) is 0 Å². The van der Waals surface area contributed by atoms with Crippen molar-refractivity contribution in [3.8, 4) is 5.75 Å². The summed E-state index contributed by atoms with van der Waals surface area (Å²) >= 11 is 0. The van der Waals surface area contributed by atoms with Crippen LogP contribution in [0.25, 0.3) is 10.9 Å². The van der Waals surface area contributed by atoms with E-state index >= 15 is 0 Å². The third-order valence-electron chi connectivity index (χ3n) is 3.37. The van der Waals surface area contributed by atoms with Gasteiger partial charge in [0, 0.05) is 29.7 Å². The second kappa shape index (κ2) is 3.52.